The molecular weight excluding hydrogens is 570 g/mol. The number of methoxy groups -OCH3 is 1. The summed E-state index contributed by atoms with van der Waals surface area (Å²) in [7, 11) is 1.55. The molecule has 4 aromatic carbocycles. The number of nitrogens with one attached hydrogen (secondary N) is 3. The Morgan fingerprint density at radius 1 is 0.837 bits per heavy atom. The Labute approximate surface area is 251 Å². The summed E-state index contributed by atoms with van der Waals surface area (Å²) in [6, 6.07) is 26.1. The predicted molar refractivity (Wildman–Crippen MR) is 164 cm³/mol. The lowest BCUT2D eigenvalue weighted by Crippen LogP contribution is -2.30. The molecule has 3 amide bonds. The van der Waals surface area contributed by atoms with Crippen molar-refractivity contribution in [3.8, 4) is 11.5 Å². The van der Waals surface area contributed by atoms with Gasteiger partial charge in [-0.05, 0) is 78.4 Å². The molecule has 0 fully saturated rings. The molecule has 0 aromatic heterocycles. The number of carboxylic acids is 1. The highest BCUT2D eigenvalue weighted by molar-refractivity contribution is 8.00. The standard InChI is InChI=1S/C32H27N3O7S/c1-42-24-12-7-20(8-13-24)17-27(35-30(38)21-5-3-2-4-6-21)31(39)34-22-9-14-25(15-10-22)43-19-29(37)33-23-11-16-28(36)26(18-23)32(40)41/h2-18,36H,19H2,1H3,(H,33,37)(H,34,39)(H,35,38)(H,40,41)/b27-17-. The van der Waals surface area contributed by atoms with E-state index in [0.29, 0.717) is 22.6 Å². The Kier molecular flexibility index (Phi) is 10.2. The minimum atomic E-state index is -1.31. The van der Waals surface area contributed by atoms with Crippen molar-refractivity contribution < 1.29 is 34.1 Å². The van der Waals surface area contributed by atoms with Gasteiger partial charge in [-0.1, -0.05) is 30.3 Å². The molecule has 0 unspecified atom stereocenters. The topological polar surface area (TPSA) is 154 Å². The van der Waals surface area contributed by atoms with Crippen molar-refractivity contribution in [2.75, 3.05) is 23.5 Å². The molecule has 0 radical (unpaired) electrons. The number of benzene rings is 4. The number of phenols is 1. The zero-order chi connectivity index (χ0) is 30.8. The molecule has 218 valence electrons. The molecule has 0 saturated heterocycles. The quantitative estimate of drug-likeness (QED) is 0.0894. The number of carbonyl (C=O) groups is 4. The molecule has 43 heavy (non-hydrogen) atoms. The number of carboxylic acid groups (broad SMARTS) is 1. The molecule has 0 aliphatic heterocycles. The first kappa shape index (κ1) is 30.4. The van der Waals surface area contributed by atoms with Gasteiger partial charge in [-0.2, -0.15) is 0 Å². The summed E-state index contributed by atoms with van der Waals surface area (Å²) in [5.41, 5.74) is 1.51. The first-order valence-corrected chi connectivity index (χ1v) is 13.8. The number of aromatic carboxylic acids is 1. The molecule has 0 bridgehead atoms. The van der Waals surface area contributed by atoms with E-state index >= 15 is 0 Å². The number of rotatable bonds is 11. The van der Waals surface area contributed by atoms with Gasteiger partial charge in [0.2, 0.25) is 5.91 Å². The van der Waals surface area contributed by atoms with Crippen LogP contribution in [0.2, 0.25) is 0 Å². The molecule has 0 spiro atoms. The molecule has 5 N–H and O–H groups in total. The number of amides is 3. The Morgan fingerprint density at radius 3 is 2.16 bits per heavy atom. The van der Waals surface area contributed by atoms with E-state index < -0.39 is 23.5 Å². The summed E-state index contributed by atoms with van der Waals surface area (Å²) >= 11 is 1.24. The summed E-state index contributed by atoms with van der Waals surface area (Å²) in [6.45, 7) is 0. The van der Waals surface area contributed by atoms with E-state index in [2.05, 4.69) is 16.0 Å². The van der Waals surface area contributed by atoms with Gasteiger partial charge >= 0.3 is 5.97 Å². The second-order valence-corrected chi connectivity index (χ2v) is 10.1. The fourth-order valence-electron chi connectivity index (χ4n) is 3.77. The number of anilines is 2. The largest absolute Gasteiger partial charge is 0.507 e. The molecule has 0 atom stereocenters. The van der Waals surface area contributed by atoms with Crippen molar-refractivity contribution in [2.24, 2.45) is 0 Å². The van der Waals surface area contributed by atoms with Crippen molar-refractivity contribution in [1.29, 1.82) is 0 Å². The van der Waals surface area contributed by atoms with Gasteiger partial charge in [-0.15, -0.1) is 11.8 Å². The number of thioether (sulfide) groups is 1. The maximum absolute atomic E-state index is 13.2. The highest BCUT2D eigenvalue weighted by Crippen LogP contribution is 2.24. The van der Waals surface area contributed by atoms with Crippen LogP contribution in [0.4, 0.5) is 11.4 Å². The highest BCUT2D eigenvalue weighted by Gasteiger charge is 2.16. The van der Waals surface area contributed by atoms with E-state index in [1.54, 1.807) is 92.0 Å². The van der Waals surface area contributed by atoms with E-state index in [0.717, 1.165) is 4.90 Å². The maximum atomic E-state index is 13.2. The normalized spacial score (nSPS) is 10.9. The van der Waals surface area contributed by atoms with Crippen LogP contribution in [0, 0.1) is 0 Å². The minimum absolute atomic E-state index is 0.0365. The third-order valence-corrected chi connectivity index (χ3v) is 6.96. The van der Waals surface area contributed by atoms with Crippen molar-refractivity contribution in [3.63, 3.8) is 0 Å². The second-order valence-electron chi connectivity index (χ2n) is 9.00. The fraction of sp³-hybridized carbons (Fsp3) is 0.0625. The van der Waals surface area contributed by atoms with Crippen LogP contribution in [0.3, 0.4) is 0 Å². The zero-order valence-corrected chi connectivity index (χ0v) is 23.7. The Bertz CT molecular complexity index is 1660. The highest BCUT2D eigenvalue weighted by atomic mass is 32.2. The summed E-state index contributed by atoms with van der Waals surface area (Å²) in [5, 5.41) is 26.8. The van der Waals surface area contributed by atoms with Crippen LogP contribution in [-0.2, 0) is 9.59 Å². The van der Waals surface area contributed by atoms with Crippen LogP contribution < -0.4 is 20.7 Å². The Hall–Kier alpha value is -5.55. The van der Waals surface area contributed by atoms with Crippen molar-refractivity contribution >= 4 is 52.9 Å². The third kappa shape index (κ3) is 8.72. The number of carbonyl (C=O) groups excluding carboxylic acids is 3. The van der Waals surface area contributed by atoms with Gasteiger partial charge < -0.3 is 30.9 Å². The van der Waals surface area contributed by atoms with E-state index in [9.17, 15) is 24.3 Å². The molecule has 0 aliphatic rings. The lowest BCUT2D eigenvalue weighted by Gasteiger charge is -2.12. The molecule has 0 heterocycles. The van der Waals surface area contributed by atoms with Crippen LogP contribution in [-0.4, -0.2) is 46.8 Å². The summed E-state index contributed by atoms with van der Waals surface area (Å²) in [6.07, 6.45) is 1.56. The molecule has 0 saturated carbocycles. The lowest BCUT2D eigenvalue weighted by molar-refractivity contribution is -0.114. The predicted octanol–water partition coefficient (Wildman–Crippen LogP) is 5.24. The molecule has 0 aliphatic carbocycles. The molecule has 10 nitrogen and oxygen atoms in total. The first-order valence-electron chi connectivity index (χ1n) is 12.8. The molecule has 11 heteroatoms. The number of hydrogen-bond acceptors (Lipinski definition) is 7. The van der Waals surface area contributed by atoms with Gasteiger partial charge in [0.1, 0.15) is 22.8 Å². The van der Waals surface area contributed by atoms with Gasteiger partial charge in [0.25, 0.3) is 11.8 Å². The van der Waals surface area contributed by atoms with Crippen LogP contribution in [0.1, 0.15) is 26.3 Å². The van der Waals surface area contributed by atoms with Crippen LogP contribution >= 0.6 is 11.8 Å². The first-order chi connectivity index (χ1) is 20.7. The Balaban J connectivity index is 1.40. The smallest absolute Gasteiger partial charge is 0.339 e. The number of aromatic hydroxyl groups is 1. The monoisotopic (exact) mass is 597 g/mol. The fourth-order valence-corrected chi connectivity index (χ4v) is 4.47. The minimum Gasteiger partial charge on any atom is -0.507 e. The summed E-state index contributed by atoms with van der Waals surface area (Å²) in [5.74, 6) is -2.35. The second kappa shape index (κ2) is 14.4. The van der Waals surface area contributed by atoms with Crippen molar-refractivity contribution in [2.45, 2.75) is 4.90 Å². The summed E-state index contributed by atoms with van der Waals surface area (Å²) < 4.78 is 5.18. The molecule has 4 rings (SSSR count). The van der Waals surface area contributed by atoms with Crippen LogP contribution in [0.15, 0.2) is 108 Å². The van der Waals surface area contributed by atoms with E-state index in [4.69, 9.17) is 9.84 Å². The zero-order valence-electron chi connectivity index (χ0n) is 22.9. The van der Waals surface area contributed by atoms with Gasteiger partial charge in [0.05, 0.1) is 12.9 Å². The van der Waals surface area contributed by atoms with Crippen LogP contribution in [0.25, 0.3) is 6.08 Å². The number of ether oxygens (including phenoxy) is 1. The average Bonchev–Trinajstić information content (AvgIpc) is 3.02. The van der Waals surface area contributed by atoms with Crippen LogP contribution in [0.5, 0.6) is 11.5 Å². The van der Waals surface area contributed by atoms with Gasteiger partial charge in [-0.25, -0.2) is 4.79 Å². The van der Waals surface area contributed by atoms with E-state index in [1.165, 1.54) is 30.0 Å². The average molecular weight is 598 g/mol. The molecular formula is C32H27N3O7S. The maximum Gasteiger partial charge on any atom is 0.339 e. The lowest BCUT2D eigenvalue weighted by atomic mass is 10.1. The van der Waals surface area contributed by atoms with Crippen molar-refractivity contribution in [1.82, 2.24) is 5.32 Å². The SMILES string of the molecule is COc1ccc(/C=C(\NC(=O)c2ccccc2)C(=O)Nc2ccc(SCC(=O)Nc3ccc(O)c(C(=O)O)c3)cc2)cc1. The van der Waals surface area contributed by atoms with Gasteiger partial charge in [0.15, 0.2) is 0 Å². The third-order valence-electron chi connectivity index (χ3n) is 5.95. The van der Waals surface area contributed by atoms with Gasteiger partial charge in [0, 0.05) is 21.8 Å². The number of hydrogen-bond donors (Lipinski definition) is 5. The summed E-state index contributed by atoms with van der Waals surface area (Å²) in [4.78, 5) is 50.4. The molecule has 4 aromatic rings. The van der Waals surface area contributed by atoms with E-state index in [1.807, 2.05) is 0 Å². The van der Waals surface area contributed by atoms with Gasteiger partial charge in [-0.3, -0.25) is 14.4 Å². The van der Waals surface area contributed by atoms with Crippen molar-refractivity contribution in [3.05, 3.63) is 119 Å². The Morgan fingerprint density at radius 2 is 1.51 bits per heavy atom. The van der Waals surface area contributed by atoms with E-state index in [-0.39, 0.29) is 28.6 Å².